The molecule has 0 radical (unpaired) electrons. The number of ether oxygens (including phenoxy) is 3. The molecule has 37 heavy (non-hydrogen) atoms. The molecule has 0 saturated carbocycles. The van der Waals surface area contributed by atoms with Crippen LogP contribution in [0.4, 0.5) is 0 Å². The second-order valence-electron chi connectivity index (χ2n) is 9.22. The zero-order chi connectivity index (χ0) is 25.6. The Morgan fingerprint density at radius 3 is 2.43 bits per heavy atom. The van der Waals surface area contributed by atoms with E-state index in [4.69, 9.17) is 19.2 Å². The van der Waals surface area contributed by atoms with Crippen LogP contribution in [-0.2, 0) is 17.9 Å². The van der Waals surface area contributed by atoms with E-state index in [9.17, 15) is 4.79 Å². The Labute approximate surface area is 217 Å². The number of hydrogen-bond acceptors (Lipinski definition) is 5. The number of likely N-dealkylation sites (tertiary alicyclic amines) is 1. The Balaban J connectivity index is 1.28. The van der Waals surface area contributed by atoms with Crippen LogP contribution in [0.25, 0.3) is 11.0 Å². The monoisotopic (exact) mass is 499 g/mol. The summed E-state index contributed by atoms with van der Waals surface area (Å²) in [6, 6.07) is 23.8. The molecule has 0 spiro atoms. The summed E-state index contributed by atoms with van der Waals surface area (Å²) in [5.74, 6) is 3.53. The number of hydrogen-bond donors (Lipinski definition) is 0. The third-order valence-electron chi connectivity index (χ3n) is 6.73. The highest BCUT2D eigenvalue weighted by Crippen LogP contribution is 2.32. The minimum absolute atomic E-state index is 0.0535. The van der Waals surface area contributed by atoms with Gasteiger partial charge in [-0.2, -0.15) is 0 Å². The van der Waals surface area contributed by atoms with E-state index >= 15 is 0 Å². The molecule has 0 bridgehead atoms. The van der Waals surface area contributed by atoms with Gasteiger partial charge in [-0.1, -0.05) is 36.4 Å². The molecule has 4 aromatic rings. The fourth-order valence-electron chi connectivity index (χ4n) is 4.94. The molecule has 1 amide bonds. The van der Waals surface area contributed by atoms with Crippen LogP contribution in [0.5, 0.6) is 17.2 Å². The van der Waals surface area contributed by atoms with Crippen LogP contribution >= 0.6 is 0 Å². The van der Waals surface area contributed by atoms with Crippen LogP contribution in [0.3, 0.4) is 0 Å². The Morgan fingerprint density at radius 1 is 0.946 bits per heavy atom. The first-order chi connectivity index (χ1) is 18.2. The van der Waals surface area contributed by atoms with Crippen molar-refractivity contribution in [2.45, 2.75) is 38.8 Å². The number of rotatable bonds is 11. The van der Waals surface area contributed by atoms with Crippen molar-refractivity contribution in [3.8, 4) is 17.2 Å². The molecule has 2 heterocycles. The average Bonchev–Trinajstić information content (AvgIpc) is 3.48. The molecular formula is C30H33N3O4. The summed E-state index contributed by atoms with van der Waals surface area (Å²) in [6.45, 7) is 5.13. The fraction of sp³-hybridized carbons (Fsp3) is 0.333. The number of imidazole rings is 1. The van der Waals surface area contributed by atoms with Crippen LogP contribution in [0.1, 0.15) is 37.1 Å². The number of para-hydroxylation sites is 4. The minimum atomic E-state index is 0.0535. The molecule has 3 aromatic carbocycles. The van der Waals surface area contributed by atoms with Gasteiger partial charge in [0.25, 0.3) is 0 Å². The maximum Gasteiger partial charge on any atom is 0.223 e. The highest BCUT2D eigenvalue weighted by molar-refractivity contribution is 5.81. The van der Waals surface area contributed by atoms with Crippen LogP contribution in [0, 0.1) is 0 Å². The smallest absolute Gasteiger partial charge is 0.223 e. The maximum atomic E-state index is 12.9. The molecule has 192 valence electrons. The highest BCUT2D eigenvalue weighted by Gasteiger charge is 2.34. The van der Waals surface area contributed by atoms with Crippen molar-refractivity contribution in [1.82, 2.24) is 14.5 Å². The van der Waals surface area contributed by atoms with Crippen LogP contribution < -0.4 is 14.2 Å². The van der Waals surface area contributed by atoms with Crippen LogP contribution in [0.2, 0.25) is 0 Å². The molecule has 1 fully saturated rings. The highest BCUT2D eigenvalue weighted by atomic mass is 16.5. The quantitative estimate of drug-likeness (QED) is 0.258. The van der Waals surface area contributed by atoms with Gasteiger partial charge in [-0.05, 0) is 55.3 Å². The van der Waals surface area contributed by atoms with Gasteiger partial charge in [0.2, 0.25) is 5.91 Å². The van der Waals surface area contributed by atoms with Crippen LogP contribution in [0.15, 0.2) is 72.8 Å². The summed E-state index contributed by atoms with van der Waals surface area (Å²) in [7, 11) is 1.65. The summed E-state index contributed by atoms with van der Waals surface area (Å²) < 4.78 is 19.2. The summed E-state index contributed by atoms with van der Waals surface area (Å²) in [5, 5.41) is 0. The number of benzene rings is 3. The second-order valence-corrected chi connectivity index (χ2v) is 9.22. The first kappa shape index (κ1) is 24.7. The predicted molar refractivity (Wildman–Crippen MR) is 143 cm³/mol. The number of carbonyl (C=O) groups excluding carboxylic acids is 1. The number of aryl methyl sites for hydroxylation is 1. The average molecular weight is 500 g/mol. The third-order valence-corrected chi connectivity index (χ3v) is 6.73. The molecule has 5 rings (SSSR count). The van der Waals surface area contributed by atoms with E-state index in [2.05, 4.69) is 10.6 Å². The van der Waals surface area contributed by atoms with E-state index in [0.717, 1.165) is 52.6 Å². The SMILES string of the molecule is CCOc1ccccc1OCCCn1c(C2CC(=O)N(Cc3ccc(OC)cc3)C2)nc2ccccc21. The number of fused-ring (bicyclic) bond motifs is 1. The number of amides is 1. The van der Waals surface area contributed by atoms with Gasteiger partial charge < -0.3 is 23.7 Å². The second kappa shape index (κ2) is 11.4. The first-order valence-corrected chi connectivity index (χ1v) is 12.9. The molecule has 1 saturated heterocycles. The van der Waals surface area contributed by atoms with Crippen molar-refractivity contribution < 1.29 is 19.0 Å². The van der Waals surface area contributed by atoms with Gasteiger partial charge in [0.1, 0.15) is 11.6 Å². The molecule has 1 aliphatic rings. The Kier molecular flexibility index (Phi) is 7.59. The summed E-state index contributed by atoms with van der Waals surface area (Å²) in [5.41, 5.74) is 3.14. The van der Waals surface area contributed by atoms with E-state index in [0.29, 0.717) is 32.7 Å². The lowest BCUT2D eigenvalue weighted by Gasteiger charge is -2.18. The van der Waals surface area contributed by atoms with Crippen molar-refractivity contribution in [3.05, 3.63) is 84.2 Å². The Bertz CT molecular complexity index is 1350. The Hall–Kier alpha value is -4.00. The van der Waals surface area contributed by atoms with Gasteiger partial charge in [0, 0.05) is 32.0 Å². The lowest BCUT2D eigenvalue weighted by molar-refractivity contribution is -0.128. The van der Waals surface area contributed by atoms with Crippen molar-refractivity contribution >= 4 is 16.9 Å². The number of carbonyl (C=O) groups is 1. The lowest BCUT2D eigenvalue weighted by Crippen LogP contribution is -2.24. The van der Waals surface area contributed by atoms with Crippen LogP contribution in [-0.4, -0.2) is 47.2 Å². The fourth-order valence-corrected chi connectivity index (χ4v) is 4.94. The van der Waals surface area contributed by atoms with E-state index in [1.165, 1.54) is 0 Å². The minimum Gasteiger partial charge on any atom is -0.497 e. The largest absolute Gasteiger partial charge is 0.497 e. The molecule has 0 N–H and O–H groups in total. The molecule has 1 aliphatic heterocycles. The van der Waals surface area contributed by atoms with Gasteiger partial charge in [-0.15, -0.1) is 0 Å². The van der Waals surface area contributed by atoms with Crippen molar-refractivity contribution in [1.29, 1.82) is 0 Å². The zero-order valence-corrected chi connectivity index (χ0v) is 21.4. The number of methoxy groups -OCH3 is 1. The van der Waals surface area contributed by atoms with E-state index in [1.54, 1.807) is 7.11 Å². The van der Waals surface area contributed by atoms with Gasteiger partial charge >= 0.3 is 0 Å². The number of aromatic nitrogens is 2. The molecule has 7 heteroatoms. The summed E-state index contributed by atoms with van der Waals surface area (Å²) in [6.07, 6.45) is 1.28. The standard InChI is InChI=1S/C30H33N3O4/c1-3-36-27-11-6-7-12-28(27)37-18-8-17-33-26-10-5-4-9-25(26)31-30(33)23-19-29(34)32(21-23)20-22-13-15-24(35-2)16-14-22/h4-7,9-16,23H,3,8,17-21H2,1-2H3. The topological polar surface area (TPSA) is 65.8 Å². The van der Waals surface area contributed by atoms with E-state index in [-0.39, 0.29) is 11.8 Å². The van der Waals surface area contributed by atoms with Gasteiger partial charge in [0.05, 0.1) is 31.4 Å². The maximum absolute atomic E-state index is 12.9. The van der Waals surface area contributed by atoms with Crippen molar-refractivity contribution in [3.63, 3.8) is 0 Å². The molecule has 7 nitrogen and oxygen atoms in total. The van der Waals surface area contributed by atoms with Gasteiger partial charge in [-0.3, -0.25) is 4.79 Å². The molecule has 1 unspecified atom stereocenters. The van der Waals surface area contributed by atoms with Crippen molar-refractivity contribution in [2.75, 3.05) is 26.9 Å². The van der Waals surface area contributed by atoms with Gasteiger partial charge in [-0.25, -0.2) is 4.98 Å². The number of nitrogens with zero attached hydrogens (tertiary/aromatic N) is 3. The van der Waals surface area contributed by atoms with E-state index in [1.807, 2.05) is 78.6 Å². The Morgan fingerprint density at radius 2 is 1.68 bits per heavy atom. The lowest BCUT2D eigenvalue weighted by atomic mass is 10.1. The molecule has 0 aliphatic carbocycles. The first-order valence-electron chi connectivity index (χ1n) is 12.9. The molecular weight excluding hydrogens is 466 g/mol. The molecule has 1 atom stereocenters. The normalized spacial score (nSPS) is 15.4. The third kappa shape index (κ3) is 5.56. The van der Waals surface area contributed by atoms with E-state index < -0.39 is 0 Å². The zero-order valence-electron chi connectivity index (χ0n) is 21.4. The van der Waals surface area contributed by atoms with Gasteiger partial charge in [0.15, 0.2) is 11.5 Å². The predicted octanol–water partition coefficient (Wildman–Crippen LogP) is 5.43. The molecule has 1 aromatic heterocycles. The van der Waals surface area contributed by atoms with Crippen molar-refractivity contribution in [2.24, 2.45) is 0 Å². The summed E-state index contributed by atoms with van der Waals surface area (Å²) in [4.78, 5) is 19.9. The summed E-state index contributed by atoms with van der Waals surface area (Å²) >= 11 is 0.